The second-order valence-electron chi connectivity index (χ2n) is 6.85. The summed E-state index contributed by atoms with van der Waals surface area (Å²) in [6.45, 7) is 8.58. The second kappa shape index (κ2) is 9.04. The lowest BCUT2D eigenvalue weighted by Crippen LogP contribution is -2.50. The quantitative estimate of drug-likeness (QED) is 0.856. The van der Waals surface area contributed by atoms with Gasteiger partial charge in [-0.15, -0.1) is 0 Å². The van der Waals surface area contributed by atoms with Gasteiger partial charge in [-0.25, -0.2) is 0 Å². The van der Waals surface area contributed by atoms with E-state index in [1.54, 1.807) is 0 Å². The Balaban J connectivity index is 1.31. The Morgan fingerprint density at radius 3 is 2.29 bits per heavy atom. The lowest BCUT2D eigenvalue weighted by Gasteiger charge is -2.35. The van der Waals surface area contributed by atoms with Gasteiger partial charge in [-0.05, 0) is 38.1 Å². The van der Waals surface area contributed by atoms with E-state index in [0.29, 0.717) is 6.54 Å². The van der Waals surface area contributed by atoms with Gasteiger partial charge in [-0.1, -0.05) is 24.6 Å². The van der Waals surface area contributed by atoms with Gasteiger partial charge in [0.1, 0.15) is 0 Å². The molecule has 0 bridgehead atoms. The zero-order valence-corrected chi connectivity index (χ0v) is 14.6. The molecule has 0 aromatic heterocycles. The molecule has 5 heteroatoms. The molecule has 1 aromatic rings. The van der Waals surface area contributed by atoms with Gasteiger partial charge in [0.15, 0.2) is 0 Å². The second-order valence-corrected chi connectivity index (χ2v) is 6.85. The Labute approximate surface area is 145 Å². The largest absolute Gasteiger partial charge is 0.369 e. The number of nitrogens with zero attached hydrogens (tertiary/aromatic N) is 3. The summed E-state index contributed by atoms with van der Waals surface area (Å²) >= 11 is 0. The summed E-state index contributed by atoms with van der Waals surface area (Å²) in [6, 6.07) is 10.5. The third-order valence-corrected chi connectivity index (χ3v) is 5.06. The van der Waals surface area contributed by atoms with Gasteiger partial charge in [-0.2, -0.15) is 0 Å². The average Bonchev–Trinajstić information content (AvgIpc) is 2.64. The van der Waals surface area contributed by atoms with Crippen molar-refractivity contribution in [1.29, 1.82) is 0 Å². The Morgan fingerprint density at radius 2 is 1.58 bits per heavy atom. The van der Waals surface area contributed by atoms with Crippen LogP contribution in [-0.4, -0.2) is 74.6 Å². The summed E-state index contributed by atoms with van der Waals surface area (Å²) in [5.74, 6) is 0.167. The number of piperazine rings is 1. The predicted octanol–water partition coefficient (Wildman–Crippen LogP) is 1.41. The van der Waals surface area contributed by atoms with Crippen LogP contribution in [0.2, 0.25) is 0 Å². The smallest absolute Gasteiger partial charge is 0.234 e. The zero-order valence-electron chi connectivity index (χ0n) is 14.6. The molecule has 0 radical (unpaired) electrons. The summed E-state index contributed by atoms with van der Waals surface area (Å²) in [5, 5.41) is 3.08. The van der Waals surface area contributed by atoms with Crippen molar-refractivity contribution in [3.63, 3.8) is 0 Å². The van der Waals surface area contributed by atoms with Crippen LogP contribution in [0.1, 0.15) is 19.3 Å². The number of hydrogen-bond acceptors (Lipinski definition) is 4. The van der Waals surface area contributed by atoms with Crippen LogP contribution in [0.25, 0.3) is 0 Å². The highest BCUT2D eigenvalue weighted by molar-refractivity contribution is 5.78. The fourth-order valence-corrected chi connectivity index (χ4v) is 3.60. The SMILES string of the molecule is O=C(CN1CCN(c2ccccc2)CC1)NCCN1CCCCC1. The van der Waals surface area contributed by atoms with Gasteiger partial charge >= 0.3 is 0 Å². The zero-order chi connectivity index (χ0) is 16.6. The summed E-state index contributed by atoms with van der Waals surface area (Å²) in [6.07, 6.45) is 3.97. The van der Waals surface area contributed by atoms with Crippen molar-refractivity contribution in [3.8, 4) is 0 Å². The molecule has 1 aromatic carbocycles. The van der Waals surface area contributed by atoms with Crippen LogP contribution in [-0.2, 0) is 4.79 Å². The van der Waals surface area contributed by atoms with Crippen molar-refractivity contribution in [1.82, 2.24) is 15.1 Å². The molecule has 2 fully saturated rings. The Hall–Kier alpha value is -1.59. The molecule has 2 aliphatic rings. The minimum atomic E-state index is 0.167. The van der Waals surface area contributed by atoms with E-state index < -0.39 is 0 Å². The fourth-order valence-electron chi connectivity index (χ4n) is 3.60. The molecule has 0 aliphatic carbocycles. The number of rotatable bonds is 6. The number of piperidine rings is 1. The molecule has 0 saturated carbocycles. The number of hydrogen-bond donors (Lipinski definition) is 1. The maximum Gasteiger partial charge on any atom is 0.234 e. The monoisotopic (exact) mass is 330 g/mol. The minimum Gasteiger partial charge on any atom is -0.369 e. The van der Waals surface area contributed by atoms with E-state index in [4.69, 9.17) is 0 Å². The molecule has 2 saturated heterocycles. The van der Waals surface area contributed by atoms with Crippen LogP contribution >= 0.6 is 0 Å². The molecule has 24 heavy (non-hydrogen) atoms. The number of anilines is 1. The molecule has 1 N–H and O–H groups in total. The van der Waals surface area contributed by atoms with E-state index in [1.165, 1.54) is 38.0 Å². The molecule has 1 amide bonds. The first kappa shape index (κ1) is 17.2. The van der Waals surface area contributed by atoms with E-state index in [2.05, 4.69) is 44.3 Å². The highest BCUT2D eigenvalue weighted by atomic mass is 16.2. The number of carbonyl (C=O) groups excluding carboxylic acids is 1. The highest BCUT2D eigenvalue weighted by Gasteiger charge is 2.19. The number of amides is 1. The van der Waals surface area contributed by atoms with Gasteiger partial charge in [0.05, 0.1) is 6.54 Å². The molecule has 3 rings (SSSR count). The Kier molecular flexibility index (Phi) is 6.49. The van der Waals surface area contributed by atoms with Gasteiger partial charge < -0.3 is 15.1 Å². The lowest BCUT2D eigenvalue weighted by atomic mass is 10.1. The third-order valence-electron chi connectivity index (χ3n) is 5.06. The van der Waals surface area contributed by atoms with E-state index in [-0.39, 0.29) is 5.91 Å². The molecular formula is C19H30N4O. The standard InChI is InChI=1S/C19H30N4O/c24-19(20-9-12-21-10-5-2-6-11-21)17-22-13-15-23(16-14-22)18-7-3-1-4-8-18/h1,3-4,7-8H,2,5-6,9-17H2,(H,20,24). The molecule has 0 spiro atoms. The fraction of sp³-hybridized carbons (Fsp3) is 0.632. The number of para-hydroxylation sites is 1. The Morgan fingerprint density at radius 1 is 0.875 bits per heavy atom. The van der Waals surface area contributed by atoms with E-state index in [9.17, 15) is 4.79 Å². The van der Waals surface area contributed by atoms with Gasteiger partial charge in [-0.3, -0.25) is 9.69 Å². The van der Waals surface area contributed by atoms with Crippen LogP contribution in [0.15, 0.2) is 30.3 Å². The van der Waals surface area contributed by atoms with E-state index in [0.717, 1.165) is 39.3 Å². The van der Waals surface area contributed by atoms with Crippen molar-refractivity contribution in [2.45, 2.75) is 19.3 Å². The molecule has 5 nitrogen and oxygen atoms in total. The molecule has 0 atom stereocenters. The average molecular weight is 330 g/mol. The topological polar surface area (TPSA) is 38.8 Å². The normalized spacial score (nSPS) is 20.1. The minimum absolute atomic E-state index is 0.167. The highest BCUT2D eigenvalue weighted by Crippen LogP contribution is 2.15. The molecule has 0 unspecified atom stereocenters. The molecule has 132 valence electrons. The van der Waals surface area contributed by atoms with Crippen LogP contribution in [0.3, 0.4) is 0 Å². The van der Waals surface area contributed by atoms with Gasteiger partial charge in [0.2, 0.25) is 5.91 Å². The summed E-state index contributed by atoms with van der Waals surface area (Å²) < 4.78 is 0. The van der Waals surface area contributed by atoms with Crippen molar-refractivity contribution < 1.29 is 4.79 Å². The van der Waals surface area contributed by atoms with Gasteiger partial charge in [0.25, 0.3) is 0 Å². The van der Waals surface area contributed by atoms with Crippen LogP contribution in [0, 0.1) is 0 Å². The van der Waals surface area contributed by atoms with E-state index >= 15 is 0 Å². The first-order chi connectivity index (χ1) is 11.8. The first-order valence-corrected chi connectivity index (χ1v) is 9.33. The van der Waals surface area contributed by atoms with Crippen molar-refractivity contribution in [2.24, 2.45) is 0 Å². The van der Waals surface area contributed by atoms with Crippen molar-refractivity contribution >= 4 is 11.6 Å². The van der Waals surface area contributed by atoms with Crippen molar-refractivity contribution in [3.05, 3.63) is 30.3 Å². The Bertz CT molecular complexity index is 493. The lowest BCUT2D eigenvalue weighted by molar-refractivity contribution is -0.122. The van der Waals surface area contributed by atoms with Gasteiger partial charge in [0, 0.05) is 45.0 Å². The number of carbonyl (C=O) groups is 1. The maximum atomic E-state index is 12.1. The number of nitrogens with one attached hydrogen (secondary N) is 1. The van der Waals surface area contributed by atoms with E-state index in [1.807, 2.05) is 6.07 Å². The molecular weight excluding hydrogens is 300 g/mol. The summed E-state index contributed by atoms with van der Waals surface area (Å²) in [4.78, 5) is 19.2. The number of benzene rings is 1. The number of likely N-dealkylation sites (tertiary alicyclic amines) is 1. The van der Waals surface area contributed by atoms with Crippen LogP contribution in [0.5, 0.6) is 0 Å². The summed E-state index contributed by atoms with van der Waals surface area (Å²) in [7, 11) is 0. The molecule has 2 heterocycles. The summed E-state index contributed by atoms with van der Waals surface area (Å²) in [5.41, 5.74) is 1.28. The first-order valence-electron chi connectivity index (χ1n) is 9.33. The van der Waals surface area contributed by atoms with Crippen LogP contribution < -0.4 is 10.2 Å². The van der Waals surface area contributed by atoms with Crippen LogP contribution in [0.4, 0.5) is 5.69 Å². The van der Waals surface area contributed by atoms with Crippen molar-refractivity contribution in [2.75, 3.05) is 63.8 Å². The predicted molar refractivity (Wildman–Crippen MR) is 98.4 cm³/mol. The maximum absolute atomic E-state index is 12.1. The molecule has 2 aliphatic heterocycles. The third kappa shape index (κ3) is 5.21.